The highest BCUT2D eigenvalue weighted by atomic mass is 35.5. The van der Waals surface area contributed by atoms with E-state index in [1.807, 2.05) is 42.2 Å². The molecule has 3 rings (SSSR count). The van der Waals surface area contributed by atoms with Gasteiger partial charge in [0.05, 0.1) is 0 Å². The molecule has 182 valence electrons. The molecule has 1 saturated heterocycles. The number of carbonyl (C=O) groups is 3. The highest BCUT2D eigenvalue weighted by Crippen LogP contribution is 2.17. The predicted molar refractivity (Wildman–Crippen MR) is 135 cm³/mol. The SMILES string of the molecule is CCCCC(=O)N1CCN(C(=O)C(Cc2ccccc2)NC(=O)Nc2cccc(Cl)c2)CC1C. The molecule has 1 heterocycles. The Morgan fingerprint density at radius 3 is 2.53 bits per heavy atom. The topological polar surface area (TPSA) is 81.8 Å². The Bertz CT molecular complexity index is 985. The number of hydrogen-bond donors (Lipinski definition) is 2. The van der Waals surface area contributed by atoms with Crippen LogP contribution in [-0.2, 0) is 16.0 Å². The third-order valence-electron chi connectivity index (χ3n) is 5.97. The number of halogens is 1. The van der Waals surface area contributed by atoms with E-state index in [1.165, 1.54) is 0 Å². The zero-order valence-electron chi connectivity index (χ0n) is 19.8. The van der Waals surface area contributed by atoms with Crippen molar-refractivity contribution in [2.75, 3.05) is 25.0 Å². The molecular weight excluding hydrogens is 452 g/mol. The van der Waals surface area contributed by atoms with E-state index in [4.69, 9.17) is 11.6 Å². The van der Waals surface area contributed by atoms with E-state index in [0.29, 0.717) is 43.2 Å². The lowest BCUT2D eigenvalue weighted by molar-refractivity contribution is -0.143. The number of piperazine rings is 1. The molecule has 7 nitrogen and oxygen atoms in total. The van der Waals surface area contributed by atoms with E-state index in [9.17, 15) is 14.4 Å². The molecule has 1 fully saturated rings. The van der Waals surface area contributed by atoms with E-state index >= 15 is 0 Å². The van der Waals surface area contributed by atoms with E-state index in [0.717, 1.165) is 18.4 Å². The molecule has 2 atom stereocenters. The average molecular weight is 485 g/mol. The number of benzene rings is 2. The van der Waals surface area contributed by atoms with Gasteiger partial charge >= 0.3 is 6.03 Å². The van der Waals surface area contributed by atoms with Gasteiger partial charge in [-0.25, -0.2) is 4.79 Å². The number of unbranched alkanes of at least 4 members (excludes halogenated alkanes) is 1. The van der Waals surface area contributed by atoms with Gasteiger partial charge < -0.3 is 20.4 Å². The molecule has 4 amide bonds. The number of nitrogens with one attached hydrogen (secondary N) is 2. The van der Waals surface area contributed by atoms with Crippen LogP contribution in [0.4, 0.5) is 10.5 Å². The maximum atomic E-state index is 13.5. The highest BCUT2D eigenvalue weighted by molar-refractivity contribution is 6.30. The van der Waals surface area contributed by atoms with Crippen LogP contribution >= 0.6 is 11.6 Å². The number of urea groups is 1. The number of amides is 4. The molecule has 0 spiro atoms. The molecule has 2 unspecified atom stereocenters. The second-order valence-electron chi connectivity index (χ2n) is 8.68. The van der Waals surface area contributed by atoms with Gasteiger partial charge in [0, 0.05) is 49.2 Å². The van der Waals surface area contributed by atoms with Gasteiger partial charge in [-0.1, -0.05) is 61.3 Å². The minimum absolute atomic E-state index is 0.0697. The Hall–Kier alpha value is -3.06. The smallest absolute Gasteiger partial charge is 0.319 e. The van der Waals surface area contributed by atoms with Gasteiger partial charge in [0.25, 0.3) is 0 Å². The second kappa shape index (κ2) is 12.4. The lowest BCUT2D eigenvalue weighted by Crippen LogP contribution is -2.59. The maximum absolute atomic E-state index is 13.5. The Labute approximate surface area is 206 Å². The quantitative estimate of drug-likeness (QED) is 0.585. The third kappa shape index (κ3) is 7.22. The van der Waals surface area contributed by atoms with Crippen LogP contribution in [0.2, 0.25) is 5.02 Å². The fourth-order valence-electron chi connectivity index (χ4n) is 4.16. The summed E-state index contributed by atoms with van der Waals surface area (Å²) in [5.74, 6) is -0.0149. The molecule has 0 bridgehead atoms. The van der Waals surface area contributed by atoms with Crippen LogP contribution in [0, 0.1) is 0 Å². The minimum Gasteiger partial charge on any atom is -0.337 e. The van der Waals surface area contributed by atoms with E-state index in [2.05, 4.69) is 17.6 Å². The predicted octanol–water partition coefficient (Wildman–Crippen LogP) is 4.32. The van der Waals surface area contributed by atoms with Crippen molar-refractivity contribution in [1.29, 1.82) is 0 Å². The van der Waals surface area contributed by atoms with Crippen LogP contribution in [0.5, 0.6) is 0 Å². The molecule has 0 aromatic heterocycles. The largest absolute Gasteiger partial charge is 0.337 e. The lowest BCUT2D eigenvalue weighted by atomic mass is 10.0. The maximum Gasteiger partial charge on any atom is 0.319 e. The van der Waals surface area contributed by atoms with Crippen LogP contribution < -0.4 is 10.6 Å². The molecule has 2 N–H and O–H groups in total. The first-order valence-corrected chi connectivity index (χ1v) is 12.2. The summed E-state index contributed by atoms with van der Waals surface area (Å²) in [5, 5.41) is 6.10. The van der Waals surface area contributed by atoms with E-state index < -0.39 is 12.1 Å². The molecule has 2 aromatic carbocycles. The molecule has 0 radical (unpaired) electrons. The molecule has 1 aliphatic rings. The van der Waals surface area contributed by atoms with Crippen LogP contribution in [0.25, 0.3) is 0 Å². The lowest BCUT2D eigenvalue weighted by Gasteiger charge is -2.41. The van der Waals surface area contributed by atoms with Crippen molar-refractivity contribution in [3.05, 3.63) is 65.2 Å². The molecule has 8 heteroatoms. The van der Waals surface area contributed by atoms with Crippen LogP contribution in [-0.4, -0.2) is 59.4 Å². The summed E-state index contributed by atoms with van der Waals surface area (Å²) >= 11 is 6.01. The summed E-state index contributed by atoms with van der Waals surface area (Å²) in [6.07, 6.45) is 2.75. The van der Waals surface area contributed by atoms with Crippen molar-refractivity contribution in [3.63, 3.8) is 0 Å². The summed E-state index contributed by atoms with van der Waals surface area (Å²) in [7, 11) is 0. The zero-order chi connectivity index (χ0) is 24.5. The van der Waals surface area contributed by atoms with E-state index in [-0.39, 0.29) is 17.9 Å². The Morgan fingerprint density at radius 1 is 1.09 bits per heavy atom. The Morgan fingerprint density at radius 2 is 1.85 bits per heavy atom. The fraction of sp³-hybridized carbons (Fsp3) is 0.423. The Balaban J connectivity index is 1.68. The molecule has 0 aliphatic carbocycles. The Kier molecular flexibility index (Phi) is 9.33. The van der Waals surface area contributed by atoms with Crippen LogP contribution in [0.15, 0.2) is 54.6 Å². The van der Waals surface area contributed by atoms with Crippen molar-refractivity contribution in [2.24, 2.45) is 0 Å². The van der Waals surface area contributed by atoms with Crippen molar-refractivity contribution < 1.29 is 14.4 Å². The summed E-state index contributed by atoms with van der Waals surface area (Å²) in [6, 6.07) is 15.2. The normalized spacial score (nSPS) is 16.6. The number of anilines is 1. The summed E-state index contributed by atoms with van der Waals surface area (Å²) in [4.78, 5) is 42.4. The first-order valence-electron chi connectivity index (χ1n) is 11.8. The fourth-order valence-corrected chi connectivity index (χ4v) is 4.35. The van der Waals surface area contributed by atoms with Crippen LogP contribution in [0.3, 0.4) is 0 Å². The summed E-state index contributed by atoms with van der Waals surface area (Å²) < 4.78 is 0. The van der Waals surface area contributed by atoms with E-state index in [1.54, 1.807) is 29.2 Å². The van der Waals surface area contributed by atoms with Gasteiger partial charge in [-0.3, -0.25) is 9.59 Å². The molecule has 1 aliphatic heterocycles. The van der Waals surface area contributed by atoms with Crippen molar-refractivity contribution in [1.82, 2.24) is 15.1 Å². The van der Waals surface area contributed by atoms with Crippen molar-refractivity contribution >= 4 is 35.1 Å². The van der Waals surface area contributed by atoms with Gasteiger partial charge in [0.1, 0.15) is 6.04 Å². The molecular formula is C26H33ClN4O3. The zero-order valence-corrected chi connectivity index (χ0v) is 20.6. The highest BCUT2D eigenvalue weighted by Gasteiger charge is 2.33. The summed E-state index contributed by atoms with van der Waals surface area (Å²) in [5.41, 5.74) is 1.49. The molecule has 34 heavy (non-hydrogen) atoms. The summed E-state index contributed by atoms with van der Waals surface area (Å²) in [6.45, 7) is 5.43. The van der Waals surface area contributed by atoms with Crippen molar-refractivity contribution in [3.8, 4) is 0 Å². The average Bonchev–Trinajstić information content (AvgIpc) is 2.82. The van der Waals surface area contributed by atoms with Crippen LogP contribution in [0.1, 0.15) is 38.7 Å². The number of rotatable bonds is 8. The minimum atomic E-state index is -0.740. The van der Waals surface area contributed by atoms with Gasteiger partial charge in [0.2, 0.25) is 11.8 Å². The van der Waals surface area contributed by atoms with Gasteiger partial charge in [0.15, 0.2) is 0 Å². The van der Waals surface area contributed by atoms with Gasteiger partial charge in [-0.15, -0.1) is 0 Å². The monoisotopic (exact) mass is 484 g/mol. The first kappa shape index (κ1) is 25.6. The van der Waals surface area contributed by atoms with Crippen molar-refractivity contribution in [2.45, 2.75) is 51.6 Å². The number of carbonyl (C=O) groups excluding carboxylic acids is 3. The first-order chi connectivity index (χ1) is 16.4. The third-order valence-corrected chi connectivity index (χ3v) is 6.21. The molecule has 0 saturated carbocycles. The van der Waals surface area contributed by atoms with Gasteiger partial charge in [-0.05, 0) is 37.1 Å². The number of nitrogens with zero attached hydrogens (tertiary/aromatic N) is 2. The standard InChI is InChI=1S/C26H33ClN4O3/c1-3-4-13-24(32)31-15-14-30(18-19(31)2)25(33)23(16-20-9-6-5-7-10-20)29-26(34)28-22-12-8-11-21(27)17-22/h5-12,17,19,23H,3-4,13-16,18H2,1-2H3,(H2,28,29,34). The molecule has 2 aromatic rings. The van der Waals surface area contributed by atoms with Gasteiger partial charge in [-0.2, -0.15) is 0 Å². The number of hydrogen-bond acceptors (Lipinski definition) is 3. The second-order valence-corrected chi connectivity index (χ2v) is 9.11.